The highest BCUT2D eigenvalue weighted by Gasteiger charge is 2.34. The van der Waals surface area contributed by atoms with Gasteiger partial charge >= 0.3 is 0 Å². The number of likely N-dealkylation sites (tertiary alicyclic amines) is 1. The molecule has 0 N–H and O–H groups in total. The molecule has 4 rings (SSSR count). The first-order valence-electron chi connectivity index (χ1n) is 11.0. The lowest BCUT2D eigenvalue weighted by Gasteiger charge is -2.25. The molecule has 2 amide bonds. The summed E-state index contributed by atoms with van der Waals surface area (Å²) in [5.41, 5.74) is 0.967. The molecule has 2 aromatic rings. The van der Waals surface area contributed by atoms with Crippen molar-refractivity contribution in [3.8, 4) is 5.75 Å². The molecule has 2 saturated heterocycles. The Bertz CT molecular complexity index is 1030. The maximum Gasteiger partial charge on any atom is 0.275 e. The van der Waals surface area contributed by atoms with Crippen molar-refractivity contribution < 1.29 is 19.1 Å². The van der Waals surface area contributed by atoms with E-state index in [0.717, 1.165) is 24.2 Å². The number of carbonyl (C=O) groups is 2. The van der Waals surface area contributed by atoms with Gasteiger partial charge in [-0.05, 0) is 42.7 Å². The fourth-order valence-electron chi connectivity index (χ4n) is 4.57. The number of ether oxygens (including phenoxy) is 2. The van der Waals surface area contributed by atoms with E-state index in [2.05, 4.69) is 0 Å². The van der Waals surface area contributed by atoms with Crippen LogP contribution in [-0.4, -0.2) is 61.7 Å². The van der Waals surface area contributed by atoms with E-state index >= 15 is 0 Å². The molecule has 1 aromatic carbocycles. The van der Waals surface area contributed by atoms with Crippen molar-refractivity contribution >= 4 is 17.5 Å². The highest BCUT2D eigenvalue weighted by Crippen LogP contribution is 2.31. The van der Waals surface area contributed by atoms with Crippen LogP contribution in [-0.2, 0) is 14.3 Å². The number of anilines is 1. The summed E-state index contributed by atoms with van der Waals surface area (Å²) in [5, 5.41) is 0. The third-order valence-electron chi connectivity index (χ3n) is 6.32. The van der Waals surface area contributed by atoms with Gasteiger partial charge in [-0.2, -0.15) is 0 Å². The number of aromatic nitrogens is 1. The largest absolute Gasteiger partial charge is 0.497 e. The lowest BCUT2D eigenvalue weighted by molar-refractivity contribution is -0.135. The molecule has 8 heteroatoms. The zero-order chi connectivity index (χ0) is 22.7. The summed E-state index contributed by atoms with van der Waals surface area (Å²) in [6, 6.07) is 10.3. The van der Waals surface area contributed by atoms with Crippen molar-refractivity contribution in [3.63, 3.8) is 0 Å². The molecule has 3 heterocycles. The number of hydrogen-bond acceptors (Lipinski definition) is 5. The van der Waals surface area contributed by atoms with Crippen LogP contribution >= 0.6 is 0 Å². The van der Waals surface area contributed by atoms with E-state index in [4.69, 9.17) is 9.47 Å². The first-order valence-corrected chi connectivity index (χ1v) is 11.0. The Balaban J connectivity index is 1.60. The predicted molar refractivity (Wildman–Crippen MR) is 120 cm³/mol. The van der Waals surface area contributed by atoms with Crippen LogP contribution in [0.2, 0.25) is 0 Å². The molecule has 0 bridgehead atoms. The predicted octanol–water partition coefficient (Wildman–Crippen LogP) is 2.19. The van der Waals surface area contributed by atoms with Crippen LogP contribution in [0.4, 0.5) is 5.69 Å². The number of amides is 2. The molecule has 1 aromatic heterocycles. The average molecular weight is 440 g/mol. The van der Waals surface area contributed by atoms with Crippen molar-refractivity contribution in [2.75, 3.05) is 45.4 Å². The van der Waals surface area contributed by atoms with Crippen LogP contribution in [0.3, 0.4) is 0 Å². The van der Waals surface area contributed by atoms with E-state index in [1.54, 1.807) is 30.3 Å². The van der Waals surface area contributed by atoms with Gasteiger partial charge in [0.25, 0.3) is 5.56 Å². The number of rotatable bonds is 7. The molecule has 2 fully saturated rings. The van der Waals surface area contributed by atoms with E-state index in [-0.39, 0.29) is 29.9 Å². The van der Waals surface area contributed by atoms with Gasteiger partial charge in [0.1, 0.15) is 17.5 Å². The summed E-state index contributed by atoms with van der Waals surface area (Å²) in [5.74, 6) is 0.525. The maximum atomic E-state index is 13.4. The summed E-state index contributed by atoms with van der Waals surface area (Å²) in [6.45, 7) is 1.91. The lowest BCUT2D eigenvalue weighted by Crippen LogP contribution is -2.42. The standard InChI is InChI=1S/C24H29N3O5/c1-31-16-21(23(29)25-11-3-4-12-25)26-13-5-6-20(24(26)30)27-15-18(14-22(27)28)17-7-9-19(32-2)10-8-17/h5-10,13,18,21H,3-4,11-12,14-16H2,1-2H3/t18-,21?/m0/s1. The SMILES string of the molecule is COCC(C(=O)N1CCCC1)n1cccc(N2C[C@@H](c3ccc(OC)cc3)CC2=O)c1=O. The van der Waals surface area contributed by atoms with Crippen LogP contribution in [0.15, 0.2) is 47.4 Å². The minimum absolute atomic E-state index is 0.0116. The van der Waals surface area contributed by atoms with Gasteiger partial charge < -0.3 is 19.3 Å². The van der Waals surface area contributed by atoms with Gasteiger partial charge in [0, 0.05) is 45.3 Å². The normalized spacial score (nSPS) is 19.4. The molecular formula is C24H29N3O5. The molecule has 0 aliphatic carbocycles. The van der Waals surface area contributed by atoms with E-state index in [1.807, 2.05) is 24.3 Å². The average Bonchev–Trinajstić information content (AvgIpc) is 3.48. The Morgan fingerprint density at radius 2 is 1.81 bits per heavy atom. The third-order valence-corrected chi connectivity index (χ3v) is 6.32. The van der Waals surface area contributed by atoms with Crippen molar-refractivity contribution in [2.45, 2.75) is 31.2 Å². The van der Waals surface area contributed by atoms with Crippen LogP contribution < -0.4 is 15.2 Å². The minimum Gasteiger partial charge on any atom is -0.497 e. The Morgan fingerprint density at radius 1 is 1.09 bits per heavy atom. The molecule has 1 unspecified atom stereocenters. The number of carbonyl (C=O) groups excluding carboxylic acids is 2. The second-order valence-corrected chi connectivity index (χ2v) is 8.29. The second-order valence-electron chi connectivity index (χ2n) is 8.29. The summed E-state index contributed by atoms with van der Waals surface area (Å²) < 4.78 is 11.9. The zero-order valence-corrected chi connectivity index (χ0v) is 18.5. The summed E-state index contributed by atoms with van der Waals surface area (Å²) in [7, 11) is 3.13. The number of hydrogen-bond donors (Lipinski definition) is 0. The van der Waals surface area contributed by atoms with Crippen molar-refractivity contribution in [3.05, 3.63) is 58.5 Å². The van der Waals surface area contributed by atoms with Gasteiger partial charge in [0.15, 0.2) is 0 Å². The molecule has 32 heavy (non-hydrogen) atoms. The Labute approximate surface area is 187 Å². The van der Waals surface area contributed by atoms with Crippen LogP contribution in [0.25, 0.3) is 0 Å². The van der Waals surface area contributed by atoms with E-state index in [9.17, 15) is 14.4 Å². The number of pyridine rings is 1. The minimum atomic E-state index is -0.749. The highest BCUT2D eigenvalue weighted by molar-refractivity contribution is 5.96. The lowest BCUT2D eigenvalue weighted by atomic mass is 9.98. The summed E-state index contributed by atoms with van der Waals surface area (Å²) >= 11 is 0. The molecule has 2 aliphatic rings. The molecule has 170 valence electrons. The molecule has 0 spiro atoms. The van der Waals surface area contributed by atoms with Crippen molar-refractivity contribution in [1.29, 1.82) is 0 Å². The molecule has 0 saturated carbocycles. The molecule has 8 nitrogen and oxygen atoms in total. The fraction of sp³-hybridized carbons (Fsp3) is 0.458. The maximum absolute atomic E-state index is 13.4. The van der Waals surface area contributed by atoms with E-state index < -0.39 is 6.04 Å². The number of methoxy groups -OCH3 is 2. The summed E-state index contributed by atoms with van der Waals surface area (Å²) in [4.78, 5) is 42.6. The zero-order valence-electron chi connectivity index (χ0n) is 18.5. The Kier molecular flexibility index (Phi) is 6.60. The molecule has 0 radical (unpaired) electrons. The molecular weight excluding hydrogens is 410 g/mol. The van der Waals surface area contributed by atoms with Crippen molar-refractivity contribution in [2.24, 2.45) is 0 Å². The number of benzene rings is 1. The first-order chi connectivity index (χ1) is 15.5. The highest BCUT2D eigenvalue weighted by atomic mass is 16.5. The third kappa shape index (κ3) is 4.27. The van der Waals surface area contributed by atoms with Crippen LogP contribution in [0, 0.1) is 0 Å². The van der Waals surface area contributed by atoms with Crippen LogP contribution in [0.5, 0.6) is 5.75 Å². The van der Waals surface area contributed by atoms with Gasteiger partial charge in [-0.1, -0.05) is 12.1 Å². The van der Waals surface area contributed by atoms with Crippen LogP contribution in [0.1, 0.15) is 36.8 Å². The van der Waals surface area contributed by atoms with Gasteiger partial charge in [0.05, 0.1) is 13.7 Å². The number of nitrogens with zero attached hydrogens (tertiary/aromatic N) is 3. The quantitative estimate of drug-likeness (QED) is 0.661. The van der Waals surface area contributed by atoms with Gasteiger partial charge in [-0.25, -0.2) is 0 Å². The van der Waals surface area contributed by atoms with E-state index in [0.29, 0.717) is 31.7 Å². The molecule has 2 atom stereocenters. The van der Waals surface area contributed by atoms with Gasteiger partial charge in [0.2, 0.25) is 11.8 Å². The topological polar surface area (TPSA) is 81.1 Å². The fourth-order valence-corrected chi connectivity index (χ4v) is 4.57. The smallest absolute Gasteiger partial charge is 0.275 e. The Morgan fingerprint density at radius 3 is 2.47 bits per heavy atom. The molecule has 2 aliphatic heterocycles. The monoisotopic (exact) mass is 439 g/mol. The van der Waals surface area contributed by atoms with Gasteiger partial charge in [-0.3, -0.25) is 19.0 Å². The second kappa shape index (κ2) is 9.56. The summed E-state index contributed by atoms with van der Waals surface area (Å²) in [6.07, 6.45) is 3.87. The Hall–Kier alpha value is -3.13. The first kappa shape index (κ1) is 22.1. The van der Waals surface area contributed by atoms with Gasteiger partial charge in [-0.15, -0.1) is 0 Å². The van der Waals surface area contributed by atoms with E-state index in [1.165, 1.54) is 16.6 Å². The van der Waals surface area contributed by atoms with Crippen molar-refractivity contribution in [1.82, 2.24) is 9.47 Å².